The maximum Gasteiger partial charge on any atom is 0.227 e. The van der Waals surface area contributed by atoms with E-state index in [2.05, 4.69) is 36.5 Å². The van der Waals surface area contributed by atoms with Crippen LogP contribution in [-0.4, -0.2) is 11.9 Å². The van der Waals surface area contributed by atoms with Crippen LogP contribution in [0, 0.1) is 5.92 Å². The molecule has 3 heteroatoms. The Labute approximate surface area is 108 Å². The van der Waals surface area contributed by atoms with Crippen molar-refractivity contribution < 1.29 is 4.79 Å². The van der Waals surface area contributed by atoms with Crippen LogP contribution in [0.1, 0.15) is 24.5 Å². The van der Waals surface area contributed by atoms with E-state index in [4.69, 9.17) is 5.73 Å². The third-order valence-corrected chi connectivity index (χ3v) is 3.35. The van der Waals surface area contributed by atoms with Crippen molar-refractivity contribution in [3.63, 3.8) is 0 Å². The molecule has 0 bridgehead atoms. The second kappa shape index (κ2) is 5.83. The van der Waals surface area contributed by atoms with Gasteiger partial charge in [0.05, 0.1) is 5.92 Å². The van der Waals surface area contributed by atoms with Gasteiger partial charge in [-0.3, -0.25) is 4.79 Å². The van der Waals surface area contributed by atoms with Gasteiger partial charge in [0.15, 0.2) is 0 Å². The molecule has 1 aromatic rings. The maximum atomic E-state index is 11.9. The molecule has 0 aliphatic heterocycles. The molecule has 0 spiro atoms. The van der Waals surface area contributed by atoms with Crippen LogP contribution in [0.15, 0.2) is 36.4 Å². The van der Waals surface area contributed by atoms with Crippen molar-refractivity contribution in [3.8, 4) is 0 Å². The van der Waals surface area contributed by atoms with Crippen LogP contribution >= 0.6 is 0 Å². The minimum atomic E-state index is -0.0603. The second-order valence-electron chi connectivity index (χ2n) is 4.78. The highest BCUT2D eigenvalue weighted by atomic mass is 16.1. The molecule has 0 radical (unpaired) electrons. The fourth-order valence-corrected chi connectivity index (χ4v) is 2.13. The number of carbonyl (C=O) groups excluding carboxylic acids is 1. The molecule has 96 valence electrons. The van der Waals surface area contributed by atoms with E-state index in [0.717, 1.165) is 18.4 Å². The molecule has 0 aromatic heterocycles. The Kier molecular flexibility index (Phi) is 4.15. The lowest BCUT2D eigenvalue weighted by Gasteiger charge is -2.10. The number of rotatable bonds is 4. The van der Waals surface area contributed by atoms with Gasteiger partial charge in [-0.2, -0.15) is 0 Å². The molecule has 1 aliphatic carbocycles. The molecule has 0 saturated heterocycles. The van der Waals surface area contributed by atoms with Crippen molar-refractivity contribution in [2.24, 2.45) is 11.7 Å². The third kappa shape index (κ3) is 3.20. The van der Waals surface area contributed by atoms with Gasteiger partial charge in [0.25, 0.3) is 0 Å². The Hall–Kier alpha value is -1.61. The van der Waals surface area contributed by atoms with E-state index < -0.39 is 0 Å². The molecule has 2 atom stereocenters. The number of hydrogen-bond donors (Lipinski definition) is 2. The Morgan fingerprint density at radius 1 is 1.28 bits per heavy atom. The Morgan fingerprint density at radius 3 is 2.50 bits per heavy atom. The monoisotopic (exact) mass is 244 g/mol. The van der Waals surface area contributed by atoms with E-state index >= 15 is 0 Å². The van der Waals surface area contributed by atoms with E-state index in [1.165, 1.54) is 5.56 Å². The van der Waals surface area contributed by atoms with Gasteiger partial charge >= 0.3 is 0 Å². The summed E-state index contributed by atoms with van der Waals surface area (Å²) in [4.78, 5) is 11.9. The molecular formula is C15H20N2O. The van der Waals surface area contributed by atoms with Gasteiger partial charge in [-0.1, -0.05) is 43.3 Å². The first-order valence-electron chi connectivity index (χ1n) is 6.48. The van der Waals surface area contributed by atoms with Crippen LogP contribution < -0.4 is 11.1 Å². The molecule has 1 aromatic carbocycles. The largest absolute Gasteiger partial charge is 0.352 e. The summed E-state index contributed by atoms with van der Waals surface area (Å²) in [7, 11) is 0. The van der Waals surface area contributed by atoms with Crippen molar-refractivity contribution in [2.45, 2.75) is 32.4 Å². The van der Waals surface area contributed by atoms with E-state index in [1.54, 1.807) is 0 Å². The average molecular weight is 244 g/mol. The summed E-state index contributed by atoms with van der Waals surface area (Å²) >= 11 is 0. The van der Waals surface area contributed by atoms with Crippen LogP contribution in [0.3, 0.4) is 0 Å². The second-order valence-corrected chi connectivity index (χ2v) is 4.78. The average Bonchev–Trinajstić information content (AvgIpc) is 2.83. The van der Waals surface area contributed by atoms with Crippen molar-refractivity contribution in [1.82, 2.24) is 5.32 Å². The fraction of sp³-hybridized carbons (Fsp3) is 0.400. The summed E-state index contributed by atoms with van der Waals surface area (Å²) in [5.41, 5.74) is 8.18. The summed E-state index contributed by atoms with van der Waals surface area (Å²) in [6.45, 7) is 2.72. The van der Waals surface area contributed by atoms with Crippen LogP contribution in [0.4, 0.5) is 0 Å². The van der Waals surface area contributed by atoms with Crippen LogP contribution in [0.25, 0.3) is 0 Å². The lowest BCUT2D eigenvalue weighted by molar-refractivity contribution is -0.123. The zero-order chi connectivity index (χ0) is 13.0. The van der Waals surface area contributed by atoms with Gasteiger partial charge in [0, 0.05) is 12.6 Å². The van der Waals surface area contributed by atoms with E-state index in [9.17, 15) is 4.79 Å². The molecule has 0 saturated carbocycles. The highest BCUT2D eigenvalue weighted by molar-refractivity contribution is 5.81. The minimum Gasteiger partial charge on any atom is -0.352 e. The van der Waals surface area contributed by atoms with E-state index in [-0.39, 0.29) is 17.9 Å². The highest BCUT2D eigenvalue weighted by Crippen LogP contribution is 2.16. The topological polar surface area (TPSA) is 55.1 Å². The van der Waals surface area contributed by atoms with Crippen molar-refractivity contribution in [2.75, 3.05) is 0 Å². The Bertz CT molecular complexity index is 436. The first kappa shape index (κ1) is 12.8. The maximum absolute atomic E-state index is 11.9. The Balaban J connectivity index is 1.83. The van der Waals surface area contributed by atoms with Gasteiger partial charge in [-0.15, -0.1) is 0 Å². The lowest BCUT2D eigenvalue weighted by atomic mass is 10.1. The summed E-state index contributed by atoms with van der Waals surface area (Å²) in [5, 5.41) is 2.95. The normalized spacial score (nSPS) is 22.1. The molecule has 1 amide bonds. The van der Waals surface area contributed by atoms with Crippen molar-refractivity contribution >= 4 is 5.91 Å². The fourth-order valence-electron chi connectivity index (χ4n) is 2.13. The molecule has 18 heavy (non-hydrogen) atoms. The predicted molar refractivity (Wildman–Crippen MR) is 72.9 cm³/mol. The molecule has 3 nitrogen and oxygen atoms in total. The van der Waals surface area contributed by atoms with Crippen molar-refractivity contribution in [1.29, 1.82) is 0 Å². The zero-order valence-corrected chi connectivity index (χ0v) is 10.7. The van der Waals surface area contributed by atoms with Crippen molar-refractivity contribution in [3.05, 3.63) is 47.5 Å². The van der Waals surface area contributed by atoms with Gasteiger partial charge < -0.3 is 11.1 Å². The molecule has 2 rings (SSSR count). The summed E-state index contributed by atoms with van der Waals surface area (Å²) in [5.74, 6) is 0.00804. The van der Waals surface area contributed by atoms with Gasteiger partial charge in [-0.25, -0.2) is 0 Å². The number of carbonyl (C=O) groups is 1. The van der Waals surface area contributed by atoms with Gasteiger partial charge in [0.2, 0.25) is 5.91 Å². The molecule has 3 N–H and O–H groups in total. The minimum absolute atomic E-state index is 0.0320. The first-order chi connectivity index (χ1) is 8.69. The number of nitrogens with one attached hydrogen (secondary N) is 1. The molecular weight excluding hydrogens is 224 g/mol. The smallest absolute Gasteiger partial charge is 0.227 e. The number of benzene rings is 1. The quantitative estimate of drug-likeness (QED) is 0.793. The third-order valence-electron chi connectivity index (χ3n) is 3.35. The van der Waals surface area contributed by atoms with Crippen LogP contribution in [0.2, 0.25) is 0 Å². The molecule has 0 fully saturated rings. The molecule has 1 aliphatic rings. The lowest BCUT2D eigenvalue weighted by Crippen LogP contribution is -2.30. The van der Waals surface area contributed by atoms with Crippen LogP contribution in [-0.2, 0) is 17.8 Å². The number of hydrogen-bond acceptors (Lipinski definition) is 2. The van der Waals surface area contributed by atoms with Gasteiger partial charge in [0.1, 0.15) is 0 Å². The molecule has 0 heterocycles. The number of nitrogens with two attached hydrogens (primary N) is 1. The van der Waals surface area contributed by atoms with Gasteiger partial charge in [-0.05, 0) is 24.0 Å². The SMILES string of the molecule is CCc1ccc(CNC(=O)C2C=CC(N)C2)cc1. The predicted octanol–water partition coefficient (Wildman–Crippen LogP) is 1.77. The van der Waals surface area contributed by atoms with E-state index in [0.29, 0.717) is 6.54 Å². The van der Waals surface area contributed by atoms with Crippen LogP contribution in [0.5, 0.6) is 0 Å². The highest BCUT2D eigenvalue weighted by Gasteiger charge is 2.22. The standard InChI is InChI=1S/C15H20N2O/c1-2-11-3-5-12(6-4-11)10-17-15(18)13-7-8-14(16)9-13/h3-8,13-14H,2,9-10,16H2,1H3,(H,17,18). The summed E-state index contributed by atoms with van der Waals surface area (Å²) < 4.78 is 0. The number of aryl methyl sites for hydroxylation is 1. The number of amides is 1. The molecule has 2 unspecified atom stereocenters. The zero-order valence-electron chi connectivity index (χ0n) is 10.7. The summed E-state index contributed by atoms with van der Waals surface area (Å²) in [6.07, 6.45) is 5.57. The van der Waals surface area contributed by atoms with E-state index in [1.807, 2.05) is 12.2 Å². The summed E-state index contributed by atoms with van der Waals surface area (Å²) in [6, 6.07) is 8.37. The first-order valence-corrected chi connectivity index (χ1v) is 6.48. The Morgan fingerprint density at radius 2 is 1.94 bits per heavy atom.